The van der Waals surface area contributed by atoms with Gasteiger partial charge in [0.1, 0.15) is 18.0 Å². The lowest BCUT2D eigenvalue weighted by atomic mass is 9.90. The molecule has 3 saturated heterocycles. The van der Waals surface area contributed by atoms with Crippen molar-refractivity contribution >= 4 is 11.7 Å². The Kier molecular flexibility index (Phi) is 4.25. The van der Waals surface area contributed by atoms with Crippen LogP contribution < -0.4 is 5.73 Å². The van der Waals surface area contributed by atoms with Crippen molar-refractivity contribution in [3.63, 3.8) is 0 Å². The van der Waals surface area contributed by atoms with E-state index in [9.17, 15) is 9.18 Å². The first-order valence-corrected chi connectivity index (χ1v) is 9.90. The molecule has 2 N–H and O–H groups in total. The van der Waals surface area contributed by atoms with E-state index in [1.54, 1.807) is 29.3 Å². The van der Waals surface area contributed by atoms with E-state index in [0.29, 0.717) is 23.5 Å². The van der Waals surface area contributed by atoms with Gasteiger partial charge in [-0.05, 0) is 37.7 Å². The molecule has 0 saturated carbocycles. The Bertz CT molecular complexity index is 1140. The van der Waals surface area contributed by atoms with Gasteiger partial charge in [0, 0.05) is 29.3 Å². The molecule has 0 spiro atoms. The van der Waals surface area contributed by atoms with Crippen LogP contribution in [0.5, 0.6) is 0 Å². The van der Waals surface area contributed by atoms with Crippen LogP contribution in [0, 0.1) is 5.82 Å². The molecule has 0 unspecified atom stereocenters. The second-order valence-corrected chi connectivity index (χ2v) is 7.64. The summed E-state index contributed by atoms with van der Waals surface area (Å²) in [5, 5.41) is 0. The van der Waals surface area contributed by atoms with E-state index in [1.165, 1.54) is 12.4 Å². The summed E-state index contributed by atoms with van der Waals surface area (Å²) < 4.78 is 15.0. The van der Waals surface area contributed by atoms with E-state index in [4.69, 9.17) is 5.73 Å². The van der Waals surface area contributed by atoms with Gasteiger partial charge in [-0.2, -0.15) is 0 Å². The lowest BCUT2D eigenvalue weighted by Gasteiger charge is -2.67. The number of nitrogens with two attached hydrogens (primary N) is 1. The molecule has 2 bridgehead atoms. The molecule has 152 valence electrons. The van der Waals surface area contributed by atoms with Crippen LogP contribution in [0.15, 0.2) is 42.9 Å². The normalized spacial score (nSPS) is 19.9. The topological polar surface area (TPSA) is 88.2 Å². The summed E-state index contributed by atoms with van der Waals surface area (Å²) in [6, 6.07) is 8.22. The number of rotatable bonds is 4. The minimum atomic E-state index is -0.551. The number of carbonyl (C=O) groups is 1. The highest BCUT2D eigenvalue weighted by Gasteiger charge is 2.58. The zero-order chi connectivity index (χ0) is 21.0. The smallest absolute Gasteiger partial charge is 0.259 e. The van der Waals surface area contributed by atoms with Crippen LogP contribution in [-0.4, -0.2) is 50.0 Å². The van der Waals surface area contributed by atoms with E-state index in [0.717, 1.165) is 23.2 Å². The number of aromatic nitrogens is 3. The Morgan fingerprint density at radius 3 is 2.53 bits per heavy atom. The van der Waals surface area contributed by atoms with E-state index >= 15 is 0 Å². The molecule has 1 amide bonds. The van der Waals surface area contributed by atoms with Crippen molar-refractivity contribution in [2.24, 2.45) is 0 Å². The van der Waals surface area contributed by atoms with Crippen molar-refractivity contribution in [2.45, 2.75) is 32.1 Å². The number of nitrogens with zero attached hydrogens (tertiary/aromatic N) is 5. The maximum atomic E-state index is 15.0. The summed E-state index contributed by atoms with van der Waals surface area (Å²) in [6.07, 6.45) is 4.97. The summed E-state index contributed by atoms with van der Waals surface area (Å²) in [4.78, 5) is 29.5. The minimum Gasteiger partial charge on any atom is -0.384 e. The SMILES string of the molecule is CCc1ncnc(-c2ccc(C(=O)N3[C@@H]4C[C@H]3N4C)c(F)c2)c1-c1ccc(N)nc1. The maximum Gasteiger partial charge on any atom is 0.259 e. The monoisotopic (exact) mass is 404 g/mol. The Balaban J connectivity index is 1.54. The summed E-state index contributed by atoms with van der Waals surface area (Å²) in [5.41, 5.74) is 9.41. The fourth-order valence-electron chi connectivity index (χ4n) is 4.20. The summed E-state index contributed by atoms with van der Waals surface area (Å²) in [7, 11) is 1.97. The molecule has 2 atom stereocenters. The van der Waals surface area contributed by atoms with Crippen molar-refractivity contribution in [1.29, 1.82) is 0 Å². The van der Waals surface area contributed by atoms with Crippen LogP contribution in [0.1, 0.15) is 29.4 Å². The number of hydrogen-bond donors (Lipinski definition) is 1. The molecule has 2 aromatic heterocycles. The highest BCUT2D eigenvalue weighted by Crippen LogP contribution is 2.44. The Hall–Kier alpha value is -3.39. The lowest BCUT2D eigenvalue weighted by molar-refractivity contribution is -0.240. The van der Waals surface area contributed by atoms with Gasteiger partial charge in [0.2, 0.25) is 0 Å². The molecule has 5 heterocycles. The molecule has 3 aliphatic heterocycles. The number of amides is 1. The number of hydrogen-bond acceptors (Lipinski definition) is 6. The third-order valence-corrected chi connectivity index (χ3v) is 6.05. The molecule has 1 aromatic carbocycles. The number of carbonyl (C=O) groups excluding carboxylic acids is 1. The van der Waals surface area contributed by atoms with Crippen molar-refractivity contribution in [2.75, 3.05) is 12.8 Å². The predicted molar refractivity (Wildman–Crippen MR) is 111 cm³/mol. The van der Waals surface area contributed by atoms with Gasteiger partial charge in [0.25, 0.3) is 5.91 Å². The Morgan fingerprint density at radius 2 is 1.93 bits per heavy atom. The summed E-state index contributed by atoms with van der Waals surface area (Å²) in [5.74, 6) is -0.401. The largest absolute Gasteiger partial charge is 0.384 e. The van der Waals surface area contributed by atoms with Crippen LogP contribution in [0.3, 0.4) is 0 Å². The quantitative estimate of drug-likeness (QED) is 0.719. The van der Waals surface area contributed by atoms with E-state index < -0.39 is 5.82 Å². The first-order valence-electron chi connectivity index (χ1n) is 9.90. The molecule has 6 rings (SSSR count). The molecule has 30 heavy (non-hydrogen) atoms. The molecule has 3 fully saturated rings. The zero-order valence-electron chi connectivity index (χ0n) is 16.7. The summed E-state index contributed by atoms with van der Waals surface area (Å²) in [6.45, 7) is 2.00. The van der Waals surface area contributed by atoms with Crippen LogP contribution in [0.2, 0.25) is 0 Å². The van der Waals surface area contributed by atoms with Gasteiger partial charge in [0.15, 0.2) is 0 Å². The van der Waals surface area contributed by atoms with E-state index in [2.05, 4.69) is 19.9 Å². The third-order valence-electron chi connectivity index (χ3n) is 6.05. The number of aryl methyl sites for hydroxylation is 1. The second-order valence-electron chi connectivity index (χ2n) is 7.64. The maximum absolute atomic E-state index is 15.0. The van der Waals surface area contributed by atoms with Crippen molar-refractivity contribution < 1.29 is 9.18 Å². The lowest BCUT2D eigenvalue weighted by Crippen LogP contribution is -2.82. The molecule has 3 aromatic rings. The zero-order valence-corrected chi connectivity index (χ0v) is 16.7. The third kappa shape index (κ3) is 2.68. The van der Waals surface area contributed by atoms with Gasteiger partial charge in [-0.15, -0.1) is 0 Å². The van der Waals surface area contributed by atoms with Gasteiger partial charge in [-0.25, -0.2) is 19.3 Å². The Labute approximate surface area is 173 Å². The highest BCUT2D eigenvalue weighted by atomic mass is 19.1. The number of halogens is 1. The first kappa shape index (κ1) is 18.6. The average molecular weight is 404 g/mol. The van der Waals surface area contributed by atoms with Gasteiger partial charge in [-0.1, -0.05) is 13.0 Å². The van der Waals surface area contributed by atoms with Crippen molar-refractivity contribution in [3.05, 3.63) is 59.9 Å². The van der Waals surface area contributed by atoms with E-state index in [-0.39, 0.29) is 23.8 Å². The standard InChI is InChI=1S/C22H21FN6O/c1-3-16-20(13-5-7-17(24)25-10-13)21(27-11-26-16)12-4-6-14(15(23)8-12)22(30)29-18-9-19(29)28(18)2/h4-8,10-11,18-19H,3,9H2,1-2H3,(H2,24,25)/t18-,19+. The van der Waals surface area contributed by atoms with Gasteiger partial charge in [-0.3, -0.25) is 9.69 Å². The van der Waals surface area contributed by atoms with Gasteiger partial charge in [0.05, 0.1) is 29.3 Å². The first-order chi connectivity index (χ1) is 14.5. The fraction of sp³-hybridized carbons (Fsp3) is 0.273. The van der Waals surface area contributed by atoms with Crippen molar-refractivity contribution in [1.82, 2.24) is 24.8 Å². The van der Waals surface area contributed by atoms with Crippen LogP contribution in [-0.2, 0) is 6.42 Å². The number of nitrogen functional groups attached to an aromatic ring is 1. The molecule has 3 aliphatic rings. The van der Waals surface area contributed by atoms with Gasteiger partial charge >= 0.3 is 0 Å². The molecular formula is C22H21FN6O. The molecule has 0 radical (unpaired) electrons. The second kappa shape index (κ2) is 6.84. The predicted octanol–water partition coefficient (Wildman–Crippen LogP) is 2.93. The van der Waals surface area contributed by atoms with Crippen LogP contribution >= 0.6 is 0 Å². The van der Waals surface area contributed by atoms with Crippen LogP contribution in [0.4, 0.5) is 10.2 Å². The highest BCUT2D eigenvalue weighted by molar-refractivity contribution is 5.97. The number of anilines is 1. The fourth-order valence-corrected chi connectivity index (χ4v) is 4.20. The molecule has 8 heteroatoms. The number of pyridine rings is 1. The average Bonchev–Trinajstić information content (AvgIpc) is 2.72. The van der Waals surface area contributed by atoms with Gasteiger partial charge < -0.3 is 10.6 Å². The summed E-state index contributed by atoms with van der Waals surface area (Å²) >= 11 is 0. The molecule has 0 aliphatic carbocycles. The molecule has 7 nitrogen and oxygen atoms in total. The van der Waals surface area contributed by atoms with E-state index in [1.807, 2.05) is 20.0 Å². The minimum absolute atomic E-state index is 0.0852. The molecular weight excluding hydrogens is 383 g/mol. The Morgan fingerprint density at radius 1 is 1.17 bits per heavy atom. The van der Waals surface area contributed by atoms with Crippen LogP contribution in [0.25, 0.3) is 22.4 Å². The van der Waals surface area contributed by atoms with Crippen molar-refractivity contribution in [3.8, 4) is 22.4 Å². The number of benzene rings is 1.